The molecular weight excluding hydrogens is 308 g/mol. The summed E-state index contributed by atoms with van der Waals surface area (Å²) < 4.78 is 5.96. The fraction of sp³-hybridized carbons (Fsp3) is 0.353. The smallest absolute Gasteiger partial charge is 0.298 e. The minimum atomic E-state index is 0.368. The Morgan fingerprint density at radius 1 is 1.17 bits per heavy atom. The van der Waals surface area contributed by atoms with Gasteiger partial charge in [0.1, 0.15) is 5.52 Å². The van der Waals surface area contributed by atoms with Crippen LogP contribution in [0.5, 0.6) is 0 Å². The summed E-state index contributed by atoms with van der Waals surface area (Å²) in [6.07, 6.45) is 1.10. The number of rotatable bonds is 2. The van der Waals surface area contributed by atoms with Crippen LogP contribution < -0.4 is 15.8 Å². The highest BCUT2D eigenvalue weighted by molar-refractivity contribution is 7.10. The van der Waals surface area contributed by atoms with Crippen molar-refractivity contribution in [2.45, 2.75) is 18.5 Å². The van der Waals surface area contributed by atoms with Crippen LogP contribution in [-0.4, -0.2) is 24.1 Å². The summed E-state index contributed by atoms with van der Waals surface area (Å²) in [5.41, 5.74) is 8.75. The second kappa shape index (κ2) is 5.33. The van der Waals surface area contributed by atoms with Crippen LogP contribution >= 0.6 is 11.3 Å². The molecule has 5 rings (SSSR count). The highest BCUT2D eigenvalue weighted by Gasteiger charge is 2.41. The molecule has 0 amide bonds. The van der Waals surface area contributed by atoms with Crippen molar-refractivity contribution in [3.05, 3.63) is 46.7 Å². The fourth-order valence-electron chi connectivity index (χ4n) is 3.72. The van der Waals surface area contributed by atoms with E-state index in [1.807, 2.05) is 35.6 Å². The number of nitrogens with one attached hydrogen (secondary N) is 2. The topological polar surface area (TPSA) is 53.3 Å². The summed E-state index contributed by atoms with van der Waals surface area (Å²) in [5, 5.41) is 2.14. The Hall–Kier alpha value is -1.89. The number of benzene rings is 1. The van der Waals surface area contributed by atoms with Gasteiger partial charge in [-0.1, -0.05) is 18.2 Å². The first kappa shape index (κ1) is 13.5. The molecule has 2 fully saturated rings. The Morgan fingerprint density at radius 2 is 2.13 bits per heavy atom. The monoisotopic (exact) mass is 326 g/mol. The number of hydrogen-bond donors (Lipinski definition) is 2. The number of fused-ring (bicyclic) bond motifs is 2. The van der Waals surface area contributed by atoms with E-state index in [4.69, 9.17) is 4.42 Å². The lowest BCUT2D eigenvalue weighted by molar-refractivity contribution is 0.345. The third kappa shape index (κ3) is 2.25. The number of para-hydroxylation sites is 2. The zero-order valence-corrected chi connectivity index (χ0v) is 13.4. The molecule has 3 aromatic rings. The molecule has 23 heavy (non-hydrogen) atoms. The Morgan fingerprint density at radius 3 is 3.00 bits per heavy atom. The van der Waals surface area contributed by atoms with E-state index in [9.17, 15) is 0 Å². The van der Waals surface area contributed by atoms with E-state index < -0.39 is 0 Å². The molecule has 3 unspecified atom stereocenters. The highest BCUT2D eigenvalue weighted by Crippen LogP contribution is 2.37. The van der Waals surface area contributed by atoms with E-state index in [1.165, 1.54) is 4.88 Å². The number of hydrazine groups is 1. The minimum absolute atomic E-state index is 0.368. The quantitative estimate of drug-likeness (QED) is 0.758. The molecule has 118 valence electrons. The second-order valence-electron chi connectivity index (χ2n) is 6.25. The van der Waals surface area contributed by atoms with Crippen molar-refractivity contribution in [3.8, 4) is 0 Å². The van der Waals surface area contributed by atoms with Crippen molar-refractivity contribution in [2.75, 3.05) is 18.0 Å². The maximum absolute atomic E-state index is 5.96. The summed E-state index contributed by atoms with van der Waals surface area (Å²) >= 11 is 1.82. The SMILES string of the molecule is c1csc(C2NNC3CCN(c4nc5ccccc5o4)CC32)c1. The lowest BCUT2D eigenvalue weighted by Crippen LogP contribution is -2.45. The van der Waals surface area contributed by atoms with Crippen molar-refractivity contribution >= 4 is 28.5 Å². The van der Waals surface area contributed by atoms with Crippen LogP contribution in [0.15, 0.2) is 46.2 Å². The van der Waals surface area contributed by atoms with Crippen LogP contribution in [0.2, 0.25) is 0 Å². The summed E-state index contributed by atoms with van der Waals surface area (Å²) in [4.78, 5) is 8.34. The van der Waals surface area contributed by atoms with Crippen molar-refractivity contribution < 1.29 is 4.42 Å². The van der Waals surface area contributed by atoms with Gasteiger partial charge in [-0.25, -0.2) is 5.43 Å². The van der Waals surface area contributed by atoms with E-state index in [-0.39, 0.29) is 0 Å². The maximum atomic E-state index is 5.96. The van der Waals surface area contributed by atoms with Crippen molar-refractivity contribution in [1.29, 1.82) is 0 Å². The maximum Gasteiger partial charge on any atom is 0.298 e. The minimum Gasteiger partial charge on any atom is -0.423 e. The zero-order chi connectivity index (χ0) is 15.2. The predicted molar refractivity (Wildman–Crippen MR) is 91.4 cm³/mol. The molecule has 2 N–H and O–H groups in total. The van der Waals surface area contributed by atoms with E-state index in [1.54, 1.807) is 0 Å². The Labute approximate surface area is 138 Å². The van der Waals surface area contributed by atoms with Gasteiger partial charge >= 0.3 is 0 Å². The van der Waals surface area contributed by atoms with Crippen molar-refractivity contribution in [2.24, 2.45) is 5.92 Å². The first-order chi connectivity index (χ1) is 11.4. The van der Waals surface area contributed by atoms with Gasteiger partial charge in [-0.2, -0.15) is 4.98 Å². The molecule has 2 saturated heterocycles. The van der Waals surface area contributed by atoms with Crippen LogP contribution in [0.1, 0.15) is 17.3 Å². The van der Waals surface area contributed by atoms with E-state index in [2.05, 4.69) is 38.2 Å². The largest absolute Gasteiger partial charge is 0.423 e. The standard InChI is InChI=1S/C17H18N4OS/c1-2-5-14-13(4-1)18-17(22-14)21-8-7-12-11(10-21)16(20-19-12)15-6-3-9-23-15/h1-6,9,11-12,16,19-20H,7-8,10H2. The number of hydrogen-bond acceptors (Lipinski definition) is 6. The first-order valence-corrected chi connectivity index (χ1v) is 8.91. The molecule has 6 heteroatoms. The van der Waals surface area contributed by atoms with Gasteiger partial charge in [-0.15, -0.1) is 11.3 Å². The molecule has 3 atom stereocenters. The number of thiophene rings is 1. The van der Waals surface area contributed by atoms with Gasteiger partial charge in [0.15, 0.2) is 5.58 Å². The average Bonchev–Trinajstić information content (AvgIpc) is 3.31. The van der Waals surface area contributed by atoms with E-state index in [0.717, 1.165) is 36.6 Å². The number of aromatic nitrogens is 1. The summed E-state index contributed by atoms with van der Waals surface area (Å²) in [7, 11) is 0. The van der Waals surface area contributed by atoms with Crippen LogP contribution in [-0.2, 0) is 0 Å². The molecule has 2 aliphatic rings. The molecule has 0 saturated carbocycles. The van der Waals surface area contributed by atoms with Crippen LogP contribution in [0.4, 0.5) is 6.01 Å². The van der Waals surface area contributed by atoms with Gasteiger partial charge in [0.05, 0.1) is 6.04 Å². The number of nitrogens with zero attached hydrogens (tertiary/aromatic N) is 2. The van der Waals surface area contributed by atoms with Gasteiger partial charge in [0, 0.05) is 29.9 Å². The van der Waals surface area contributed by atoms with E-state index >= 15 is 0 Å². The molecule has 5 nitrogen and oxygen atoms in total. The lowest BCUT2D eigenvalue weighted by Gasteiger charge is -2.34. The fourth-order valence-corrected chi connectivity index (χ4v) is 4.57. The molecule has 4 heterocycles. The molecular formula is C17H18N4OS. The first-order valence-electron chi connectivity index (χ1n) is 8.03. The number of piperidine rings is 1. The molecule has 2 aliphatic heterocycles. The molecule has 0 spiro atoms. The highest BCUT2D eigenvalue weighted by atomic mass is 32.1. The zero-order valence-electron chi connectivity index (χ0n) is 12.6. The lowest BCUT2D eigenvalue weighted by atomic mass is 9.88. The van der Waals surface area contributed by atoms with Crippen LogP contribution in [0.3, 0.4) is 0 Å². The van der Waals surface area contributed by atoms with Crippen molar-refractivity contribution in [3.63, 3.8) is 0 Å². The van der Waals surface area contributed by atoms with Crippen LogP contribution in [0.25, 0.3) is 11.1 Å². The van der Waals surface area contributed by atoms with E-state index in [0.29, 0.717) is 18.0 Å². The van der Waals surface area contributed by atoms with Crippen molar-refractivity contribution in [1.82, 2.24) is 15.8 Å². The third-order valence-corrected chi connectivity index (χ3v) is 5.87. The average molecular weight is 326 g/mol. The van der Waals surface area contributed by atoms with Gasteiger partial charge < -0.3 is 9.32 Å². The summed E-state index contributed by atoms with van der Waals surface area (Å²) in [6, 6.07) is 13.9. The third-order valence-electron chi connectivity index (χ3n) is 4.91. The molecule has 0 bridgehead atoms. The Bertz CT molecular complexity index is 782. The number of oxazole rings is 1. The number of anilines is 1. The molecule has 0 aliphatic carbocycles. The van der Waals surface area contributed by atoms with Gasteiger partial charge in [-0.3, -0.25) is 5.43 Å². The van der Waals surface area contributed by atoms with Crippen LogP contribution in [0, 0.1) is 5.92 Å². The summed E-state index contributed by atoms with van der Waals surface area (Å²) in [5.74, 6) is 0.525. The van der Waals surface area contributed by atoms with Gasteiger partial charge in [0.25, 0.3) is 6.01 Å². The van der Waals surface area contributed by atoms with Gasteiger partial charge in [0.2, 0.25) is 0 Å². The predicted octanol–water partition coefficient (Wildman–Crippen LogP) is 2.93. The Balaban J connectivity index is 1.43. The molecule has 0 radical (unpaired) electrons. The molecule has 1 aromatic carbocycles. The second-order valence-corrected chi connectivity index (χ2v) is 7.23. The normalized spacial score (nSPS) is 27.5. The van der Waals surface area contributed by atoms with Gasteiger partial charge in [-0.05, 0) is 30.0 Å². The molecule has 2 aromatic heterocycles. The summed E-state index contributed by atoms with van der Waals surface area (Å²) in [6.45, 7) is 1.93. The Kier molecular flexibility index (Phi) is 3.14.